The highest BCUT2D eigenvalue weighted by Gasteiger charge is 2.39. The Balaban J connectivity index is 1.69. The standard InChI is InChI=1S/C26H34F2N2O4/c1-26(2,3)34-25(32)30-15-21(33-16-17-7-5-4-6-8-17)9-10-23(30)24(31)14-22(29)18-11-19(27)13-20(28)12-18/h4-8,11-13,21-24,31H,9-10,14-16,29H2,1-3H3/t21-,22?,23-,24?/m1/s1. The van der Waals surface area contributed by atoms with Crippen LogP contribution in [0.15, 0.2) is 48.5 Å². The number of amides is 1. The van der Waals surface area contributed by atoms with Gasteiger partial charge in [-0.1, -0.05) is 30.3 Å². The predicted octanol–water partition coefficient (Wildman–Crippen LogP) is 4.70. The van der Waals surface area contributed by atoms with Crippen LogP contribution in [0.2, 0.25) is 0 Å². The lowest BCUT2D eigenvalue weighted by molar-refractivity contribution is -0.0659. The van der Waals surface area contributed by atoms with E-state index in [1.165, 1.54) is 4.90 Å². The molecule has 34 heavy (non-hydrogen) atoms. The molecule has 1 aliphatic heterocycles. The van der Waals surface area contributed by atoms with E-state index in [0.717, 1.165) is 23.8 Å². The third-order valence-electron chi connectivity index (χ3n) is 5.79. The average molecular weight is 477 g/mol. The van der Waals surface area contributed by atoms with Gasteiger partial charge in [0.2, 0.25) is 0 Å². The molecule has 0 bridgehead atoms. The molecular weight excluding hydrogens is 442 g/mol. The Morgan fingerprint density at radius 1 is 1.15 bits per heavy atom. The van der Waals surface area contributed by atoms with Gasteiger partial charge in [0, 0.05) is 12.1 Å². The second kappa shape index (κ2) is 11.3. The predicted molar refractivity (Wildman–Crippen MR) is 125 cm³/mol. The second-order valence-corrected chi connectivity index (χ2v) is 9.81. The number of likely N-dealkylation sites (tertiary alicyclic amines) is 1. The number of aliphatic hydroxyl groups excluding tert-OH is 1. The number of rotatable bonds is 7. The van der Waals surface area contributed by atoms with Crippen molar-refractivity contribution in [2.24, 2.45) is 5.73 Å². The normalized spacial score (nSPS) is 20.6. The Morgan fingerprint density at radius 2 is 1.79 bits per heavy atom. The van der Waals surface area contributed by atoms with Crippen LogP contribution in [0, 0.1) is 11.6 Å². The second-order valence-electron chi connectivity index (χ2n) is 9.81. The lowest BCUT2D eigenvalue weighted by atomic mass is 9.90. The summed E-state index contributed by atoms with van der Waals surface area (Å²) in [4.78, 5) is 14.5. The summed E-state index contributed by atoms with van der Waals surface area (Å²) in [5.41, 5.74) is 6.72. The lowest BCUT2D eigenvalue weighted by Gasteiger charge is -2.42. The van der Waals surface area contributed by atoms with Crippen LogP contribution in [0.3, 0.4) is 0 Å². The maximum absolute atomic E-state index is 13.6. The highest BCUT2D eigenvalue weighted by atomic mass is 19.1. The molecule has 2 unspecified atom stereocenters. The van der Waals surface area contributed by atoms with Crippen molar-refractivity contribution >= 4 is 6.09 Å². The van der Waals surface area contributed by atoms with Crippen molar-refractivity contribution in [3.63, 3.8) is 0 Å². The molecule has 186 valence electrons. The summed E-state index contributed by atoms with van der Waals surface area (Å²) in [6.45, 7) is 6.00. The number of hydrogen-bond donors (Lipinski definition) is 2. The smallest absolute Gasteiger partial charge is 0.410 e. The van der Waals surface area contributed by atoms with Crippen molar-refractivity contribution in [3.05, 3.63) is 71.3 Å². The van der Waals surface area contributed by atoms with Crippen LogP contribution < -0.4 is 5.73 Å². The third kappa shape index (κ3) is 7.48. The average Bonchev–Trinajstić information content (AvgIpc) is 2.76. The summed E-state index contributed by atoms with van der Waals surface area (Å²) in [5.74, 6) is -1.46. The van der Waals surface area contributed by atoms with Gasteiger partial charge >= 0.3 is 6.09 Å². The van der Waals surface area contributed by atoms with Crippen molar-refractivity contribution in [1.29, 1.82) is 0 Å². The monoisotopic (exact) mass is 476 g/mol. The van der Waals surface area contributed by atoms with E-state index in [0.29, 0.717) is 19.4 Å². The van der Waals surface area contributed by atoms with Gasteiger partial charge in [0.05, 0.1) is 31.4 Å². The van der Waals surface area contributed by atoms with Crippen molar-refractivity contribution in [2.75, 3.05) is 6.54 Å². The Morgan fingerprint density at radius 3 is 2.41 bits per heavy atom. The van der Waals surface area contributed by atoms with E-state index in [1.807, 2.05) is 30.3 Å². The Kier molecular flexibility index (Phi) is 8.62. The molecule has 1 fully saturated rings. The van der Waals surface area contributed by atoms with Crippen LogP contribution in [0.4, 0.5) is 13.6 Å². The molecule has 0 saturated carbocycles. The number of nitrogens with two attached hydrogens (primary N) is 1. The number of benzene rings is 2. The number of carbonyl (C=O) groups excluding carboxylic acids is 1. The van der Waals surface area contributed by atoms with E-state index < -0.39 is 41.5 Å². The van der Waals surface area contributed by atoms with Crippen LogP contribution in [0.5, 0.6) is 0 Å². The minimum atomic E-state index is -1.01. The van der Waals surface area contributed by atoms with E-state index in [4.69, 9.17) is 15.2 Å². The highest BCUT2D eigenvalue weighted by Crippen LogP contribution is 2.29. The first kappa shape index (κ1) is 26.1. The molecule has 0 spiro atoms. The van der Waals surface area contributed by atoms with Gasteiger partial charge in [0.15, 0.2) is 0 Å². The molecule has 3 N–H and O–H groups in total. The van der Waals surface area contributed by atoms with Crippen molar-refractivity contribution in [1.82, 2.24) is 4.90 Å². The van der Waals surface area contributed by atoms with Gasteiger partial charge in [0.25, 0.3) is 0 Å². The van der Waals surface area contributed by atoms with Gasteiger partial charge in [0.1, 0.15) is 17.2 Å². The molecule has 4 atom stereocenters. The van der Waals surface area contributed by atoms with Crippen LogP contribution >= 0.6 is 0 Å². The van der Waals surface area contributed by atoms with Crippen molar-refractivity contribution < 1.29 is 28.2 Å². The number of piperidine rings is 1. The van der Waals surface area contributed by atoms with Crippen LogP contribution in [-0.4, -0.2) is 46.5 Å². The molecule has 0 aromatic heterocycles. The molecule has 6 nitrogen and oxygen atoms in total. The zero-order chi connectivity index (χ0) is 24.9. The summed E-state index contributed by atoms with van der Waals surface area (Å²) < 4.78 is 38.8. The number of aliphatic hydroxyl groups is 1. The third-order valence-corrected chi connectivity index (χ3v) is 5.79. The SMILES string of the molecule is CC(C)(C)OC(=O)N1C[C@H](OCc2ccccc2)CC[C@@H]1C(O)CC(N)c1cc(F)cc(F)c1. The van der Waals surface area contributed by atoms with E-state index >= 15 is 0 Å². The van der Waals surface area contributed by atoms with E-state index in [1.54, 1.807) is 20.8 Å². The minimum absolute atomic E-state index is 0.0302. The fraction of sp³-hybridized carbons (Fsp3) is 0.500. The van der Waals surface area contributed by atoms with Gasteiger partial charge in [-0.25, -0.2) is 13.6 Å². The molecule has 1 amide bonds. The fourth-order valence-electron chi connectivity index (χ4n) is 4.16. The summed E-state index contributed by atoms with van der Waals surface area (Å²) in [7, 11) is 0. The first-order chi connectivity index (χ1) is 16.0. The zero-order valence-corrected chi connectivity index (χ0v) is 19.9. The van der Waals surface area contributed by atoms with Crippen molar-refractivity contribution in [3.8, 4) is 0 Å². The quantitative estimate of drug-likeness (QED) is 0.605. The van der Waals surface area contributed by atoms with E-state index in [9.17, 15) is 18.7 Å². The molecule has 1 saturated heterocycles. The summed E-state index contributed by atoms with van der Waals surface area (Å²) in [6, 6.07) is 11.5. The zero-order valence-electron chi connectivity index (χ0n) is 19.9. The fourth-order valence-corrected chi connectivity index (χ4v) is 4.16. The summed E-state index contributed by atoms with van der Waals surface area (Å²) >= 11 is 0. The Hall–Kier alpha value is -2.55. The van der Waals surface area contributed by atoms with Gasteiger partial charge < -0.3 is 25.2 Å². The van der Waals surface area contributed by atoms with Gasteiger partial charge in [-0.2, -0.15) is 0 Å². The summed E-state index contributed by atoms with van der Waals surface area (Å²) in [5, 5.41) is 11.0. The number of nitrogens with zero attached hydrogens (tertiary/aromatic N) is 1. The maximum atomic E-state index is 13.6. The van der Waals surface area contributed by atoms with Crippen LogP contribution in [0.25, 0.3) is 0 Å². The molecule has 0 aliphatic carbocycles. The highest BCUT2D eigenvalue weighted by molar-refractivity contribution is 5.69. The Labute approximate surface area is 199 Å². The summed E-state index contributed by atoms with van der Waals surface area (Å²) in [6.07, 6.45) is -0.634. The van der Waals surface area contributed by atoms with E-state index in [2.05, 4.69) is 0 Å². The van der Waals surface area contributed by atoms with Gasteiger partial charge in [-0.3, -0.25) is 0 Å². The lowest BCUT2D eigenvalue weighted by Crippen LogP contribution is -2.55. The number of hydrogen-bond acceptors (Lipinski definition) is 5. The molecule has 2 aromatic carbocycles. The minimum Gasteiger partial charge on any atom is -0.444 e. The number of halogens is 2. The molecule has 1 heterocycles. The van der Waals surface area contributed by atoms with Crippen LogP contribution in [-0.2, 0) is 16.1 Å². The van der Waals surface area contributed by atoms with Crippen LogP contribution in [0.1, 0.15) is 57.2 Å². The van der Waals surface area contributed by atoms with Gasteiger partial charge in [-0.05, 0) is 63.3 Å². The molecule has 0 radical (unpaired) electrons. The maximum Gasteiger partial charge on any atom is 0.410 e. The molecular formula is C26H34F2N2O4. The molecule has 2 aromatic rings. The largest absolute Gasteiger partial charge is 0.444 e. The first-order valence-corrected chi connectivity index (χ1v) is 11.6. The molecule has 1 aliphatic rings. The topological polar surface area (TPSA) is 85.0 Å². The van der Waals surface area contributed by atoms with Crippen molar-refractivity contribution in [2.45, 2.75) is 76.5 Å². The molecule has 8 heteroatoms. The number of carbonyl (C=O) groups is 1. The molecule has 3 rings (SSSR count). The van der Waals surface area contributed by atoms with Gasteiger partial charge in [-0.15, -0.1) is 0 Å². The Bertz CT molecular complexity index is 931. The van der Waals surface area contributed by atoms with E-state index in [-0.39, 0.29) is 24.6 Å². The first-order valence-electron chi connectivity index (χ1n) is 11.6. The number of ether oxygens (including phenoxy) is 2.